The zero-order chi connectivity index (χ0) is 12.5. The summed E-state index contributed by atoms with van der Waals surface area (Å²) in [7, 11) is 0. The number of carbonyl (C=O) groups is 1. The molecule has 3 rings (SSSR count). The fourth-order valence-electron chi connectivity index (χ4n) is 3.27. The summed E-state index contributed by atoms with van der Waals surface area (Å²) in [6.07, 6.45) is 3.01. The second-order valence-corrected chi connectivity index (χ2v) is 5.51. The summed E-state index contributed by atoms with van der Waals surface area (Å²) in [6, 6.07) is 10.5. The summed E-state index contributed by atoms with van der Waals surface area (Å²) in [5.74, 6) is 0.405. The van der Waals surface area contributed by atoms with Gasteiger partial charge in [0.05, 0.1) is 6.10 Å². The van der Waals surface area contributed by atoms with Gasteiger partial charge >= 0.3 is 0 Å². The third kappa shape index (κ3) is 2.15. The highest BCUT2D eigenvalue weighted by Gasteiger charge is 2.40. The number of piperidine rings is 1. The Labute approximate surface area is 107 Å². The summed E-state index contributed by atoms with van der Waals surface area (Å²) in [5, 5.41) is 9.84. The van der Waals surface area contributed by atoms with Crippen LogP contribution in [-0.4, -0.2) is 28.1 Å². The maximum Gasteiger partial charge on any atom is 0.223 e. The minimum absolute atomic E-state index is 0.197. The van der Waals surface area contributed by atoms with E-state index in [1.165, 1.54) is 5.56 Å². The van der Waals surface area contributed by atoms with Crippen molar-refractivity contribution in [1.82, 2.24) is 4.90 Å². The first-order chi connectivity index (χ1) is 8.74. The minimum atomic E-state index is -0.260. The number of hydrogen-bond donors (Lipinski definition) is 1. The van der Waals surface area contributed by atoms with E-state index in [1.807, 2.05) is 23.1 Å². The molecule has 0 spiro atoms. The van der Waals surface area contributed by atoms with Gasteiger partial charge in [-0.15, -0.1) is 0 Å². The Morgan fingerprint density at radius 3 is 2.78 bits per heavy atom. The molecule has 1 heterocycles. The standard InChI is InChI=1S/C15H19NO2/c17-14-7-6-13-8-12(14)9-15(18)16(13)10-11-4-2-1-3-5-11/h1-5,12-14,17H,6-10H2/t12-,13+,14+/m0/s1. The number of hydrogen-bond acceptors (Lipinski definition) is 2. The predicted molar refractivity (Wildman–Crippen MR) is 68.7 cm³/mol. The van der Waals surface area contributed by atoms with Crippen LogP contribution in [0, 0.1) is 5.92 Å². The number of carbonyl (C=O) groups excluding carboxylic acids is 1. The number of benzene rings is 1. The minimum Gasteiger partial charge on any atom is -0.393 e. The van der Waals surface area contributed by atoms with Gasteiger partial charge in [0.1, 0.15) is 0 Å². The van der Waals surface area contributed by atoms with Crippen LogP contribution in [0.1, 0.15) is 31.2 Å². The molecule has 1 saturated carbocycles. The molecule has 0 unspecified atom stereocenters. The van der Waals surface area contributed by atoms with Crippen molar-refractivity contribution in [2.24, 2.45) is 5.92 Å². The van der Waals surface area contributed by atoms with Gasteiger partial charge in [-0.3, -0.25) is 4.79 Å². The van der Waals surface area contributed by atoms with Crippen molar-refractivity contribution in [3.63, 3.8) is 0 Å². The summed E-state index contributed by atoms with van der Waals surface area (Å²) >= 11 is 0. The van der Waals surface area contributed by atoms with E-state index >= 15 is 0 Å². The number of aliphatic hydroxyl groups is 1. The van der Waals surface area contributed by atoms with Crippen LogP contribution in [0.5, 0.6) is 0 Å². The number of aliphatic hydroxyl groups excluding tert-OH is 1. The third-order valence-electron chi connectivity index (χ3n) is 4.31. The van der Waals surface area contributed by atoms with Crippen LogP contribution in [0.4, 0.5) is 0 Å². The van der Waals surface area contributed by atoms with Crippen LogP contribution in [0.25, 0.3) is 0 Å². The molecule has 1 N–H and O–H groups in total. The molecule has 1 aromatic carbocycles. The molecule has 0 aromatic heterocycles. The summed E-state index contributed by atoms with van der Waals surface area (Å²) < 4.78 is 0. The molecule has 1 aliphatic heterocycles. The van der Waals surface area contributed by atoms with Crippen LogP contribution in [0.2, 0.25) is 0 Å². The van der Waals surface area contributed by atoms with Gasteiger partial charge in [0.25, 0.3) is 0 Å². The molecule has 2 bridgehead atoms. The number of rotatable bonds is 2. The lowest BCUT2D eigenvalue weighted by Gasteiger charge is -2.44. The van der Waals surface area contributed by atoms with Gasteiger partial charge in [-0.25, -0.2) is 0 Å². The number of fused-ring (bicyclic) bond motifs is 2. The normalized spacial score (nSPS) is 31.5. The molecule has 0 radical (unpaired) electrons. The van der Waals surface area contributed by atoms with Crippen LogP contribution < -0.4 is 0 Å². The fourth-order valence-corrected chi connectivity index (χ4v) is 3.27. The Kier molecular flexibility index (Phi) is 3.08. The largest absolute Gasteiger partial charge is 0.393 e. The van der Waals surface area contributed by atoms with Gasteiger partial charge in [-0.2, -0.15) is 0 Å². The number of amides is 1. The summed E-state index contributed by atoms with van der Waals surface area (Å²) in [5.41, 5.74) is 1.19. The second-order valence-electron chi connectivity index (χ2n) is 5.51. The van der Waals surface area contributed by atoms with Gasteiger partial charge in [0.2, 0.25) is 5.91 Å². The first-order valence-corrected chi connectivity index (χ1v) is 6.75. The Morgan fingerprint density at radius 1 is 1.22 bits per heavy atom. The highest BCUT2D eigenvalue weighted by molar-refractivity contribution is 5.78. The first-order valence-electron chi connectivity index (χ1n) is 6.75. The Morgan fingerprint density at radius 2 is 2.00 bits per heavy atom. The second kappa shape index (κ2) is 4.73. The highest BCUT2D eigenvalue weighted by atomic mass is 16.3. The fraction of sp³-hybridized carbons (Fsp3) is 0.533. The van der Waals surface area contributed by atoms with Crippen molar-refractivity contribution in [1.29, 1.82) is 0 Å². The van der Waals surface area contributed by atoms with Gasteiger partial charge in [-0.05, 0) is 30.7 Å². The molecule has 3 nitrogen and oxygen atoms in total. The van der Waals surface area contributed by atoms with Gasteiger partial charge in [-0.1, -0.05) is 30.3 Å². The molecular formula is C15H19NO2. The third-order valence-corrected chi connectivity index (χ3v) is 4.31. The zero-order valence-electron chi connectivity index (χ0n) is 10.5. The van der Waals surface area contributed by atoms with E-state index in [0.29, 0.717) is 19.0 Å². The van der Waals surface area contributed by atoms with E-state index < -0.39 is 0 Å². The Balaban J connectivity index is 1.74. The molecule has 2 fully saturated rings. The van der Waals surface area contributed by atoms with Crippen molar-refractivity contribution in [2.45, 2.75) is 44.4 Å². The van der Waals surface area contributed by atoms with Crippen LogP contribution in [0.15, 0.2) is 30.3 Å². The van der Waals surface area contributed by atoms with Crippen molar-refractivity contribution in [3.8, 4) is 0 Å². The maximum absolute atomic E-state index is 12.2. The van der Waals surface area contributed by atoms with Gasteiger partial charge < -0.3 is 10.0 Å². The van der Waals surface area contributed by atoms with Gasteiger partial charge in [0, 0.05) is 19.0 Å². The molecule has 2 aliphatic rings. The van der Waals surface area contributed by atoms with E-state index in [-0.39, 0.29) is 17.9 Å². The van der Waals surface area contributed by atoms with Crippen molar-refractivity contribution >= 4 is 5.91 Å². The molecule has 96 valence electrons. The lowest BCUT2D eigenvalue weighted by molar-refractivity contribution is -0.145. The highest BCUT2D eigenvalue weighted by Crippen LogP contribution is 2.36. The Bertz CT molecular complexity index is 431. The molecule has 18 heavy (non-hydrogen) atoms. The van der Waals surface area contributed by atoms with Crippen LogP contribution in [0.3, 0.4) is 0 Å². The van der Waals surface area contributed by atoms with Crippen LogP contribution >= 0.6 is 0 Å². The summed E-state index contributed by atoms with van der Waals surface area (Å²) in [6.45, 7) is 0.715. The molecule has 1 amide bonds. The zero-order valence-corrected chi connectivity index (χ0v) is 10.5. The van der Waals surface area contributed by atoms with Crippen molar-refractivity contribution in [3.05, 3.63) is 35.9 Å². The number of nitrogens with zero attached hydrogens (tertiary/aromatic N) is 1. The first kappa shape index (κ1) is 11.7. The molecule has 1 saturated heterocycles. The number of likely N-dealkylation sites (tertiary alicyclic amines) is 1. The SMILES string of the molecule is O=C1C[C@@H]2C[C@@H](CC[C@H]2O)N1Cc1ccccc1. The lowest BCUT2D eigenvalue weighted by Crippen LogP contribution is -2.51. The van der Waals surface area contributed by atoms with Crippen molar-refractivity contribution < 1.29 is 9.90 Å². The molecule has 1 aromatic rings. The van der Waals surface area contributed by atoms with Gasteiger partial charge in [0.15, 0.2) is 0 Å². The van der Waals surface area contributed by atoms with E-state index in [4.69, 9.17) is 0 Å². The lowest BCUT2D eigenvalue weighted by atomic mass is 9.77. The average Bonchev–Trinajstić information content (AvgIpc) is 2.39. The van der Waals surface area contributed by atoms with E-state index in [9.17, 15) is 9.90 Å². The molecule has 3 heteroatoms. The monoisotopic (exact) mass is 245 g/mol. The van der Waals surface area contributed by atoms with Crippen molar-refractivity contribution in [2.75, 3.05) is 0 Å². The van der Waals surface area contributed by atoms with E-state index in [0.717, 1.165) is 19.3 Å². The summed E-state index contributed by atoms with van der Waals surface area (Å²) in [4.78, 5) is 14.2. The smallest absolute Gasteiger partial charge is 0.223 e. The van der Waals surface area contributed by atoms with Crippen LogP contribution in [-0.2, 0) is 11.3 Å². The Hall–Kier alpha value is -1.35. The predicted octanol–water partition coefficient (Wildman–Crippen LogP) is 1.95. The maximum atomic E-state index is 12.2. The molecular weight excluding hydrogens is 226 g/mol. The molecule has 1 aliphatic carbocycles. The average molecular weight is 245 g/mol. The quantitative estimate of drug-likeness (QED) is 0.865. The van der Waals surface area contributed by atoms with E-state index in [2.05, 4.69) is 12.1 Å². The topological polar surface area (TPSA) is 40.5 Å². The van der Waals surface area contributed by atoms with E-state index in [1.54, 1.807) is 0 Å². The molecule has 3 atom stereocenters.